The molecule has 0 fully saturated rings. The normalized spacial score (nSPS) is 10.9. The fourth-order valence-corrected chi connectivity index (χ4v) is 3.06. The van der Waals surface area contributed by atoms with E-state index in [2.05, 4.69) is 15.4 Å². The van der Waals surface area contributed by atoms with Crippen molar-refractivity contribution >= 4 is 22.6 Å². The van der Waals surface area contributed by atoms with Crippen LogP contribution in [0.1, 0.15) is 16.1 Å². The van der Waals surface area contributed by atoms with Crippen LogP contribution in [0.3, 0.4) is 0 Å². The van der Waals surface area contributed by atoms with Gasteiger partial charge in [0, 0.05) is 30.1 Å². The topological polar surface area (TPSA) is 59.8 Å². The van der Waals surface area contributed by atoms with Crippen molar-refractivity contribution < 1.29 is 9.18 Å². The highest BCUT2D eigenvalue weighted by Crippen LogP contribution is 2.26. The number of benzene rings is 2. The van der Waals surface area contributed by atoms with E-state index in [-0.39, 0.29) is 5.91 Å². The number of carbonyl (C=O) groups excluding carboxylic acids is 1. The molecular formula is C21H17FN4O. The Hall–Kier alpha value is -3.54. The number of nitrogens with zero attached hydrogens (tertiary/aromatic N) is 3. The van der Waals surface area contributed by atoms with Crippen LogP contribution in [0.5, 0.6) is 0 Å². The molecule has 6 heteroatoms. The molecule has 0 saturated heterocycles. The lowest BCUT2D eigenvalue weighted by molar-refractivity contribution is 0.102. The number of hydrogen-bond acceptors (Lipinski definition) is 3. The highest BCUT2D eigenvalue weighted by molar-refractivity contribution is 6.12. The van der Waals surface area contributed by atoms with Crippen molar-refractivity contribution in [3.8, 4) is 11.3 Å². The zero-order valence-corrected chi connectivity index (χ0v) is 14.9. The van der Waals surface area contributed by atoms with E-state index >= 15 is 0 Å². The van der Waals surface area contributed by atoms with Crippen molar-refractivity contribution in [1.82, 2.24) is 14.8 Å². The standard InChI is InChI=1S/C21H17FN4O/c1-13-10-20(26(2)25-13)24-21(27)17-12-18(14-6-4-3-5-7-14)23-19-11-15(22)8-9-16(17)19/h3-12H,1-2H3,(H,24,27). The Labute approximate surface area is 155 Å². The van der Waals surface area contributed by atoms with Gasteiger partial charge < -0.3 is 5.32 Å². The Morgan fingerprint density at radius 1 is 1.07 bits per heavy atom. The van der Waals surface area contributed by atoms with Gasteiger partial charge in [0.15, 0.2) is 0 Å². The van der Waals surface area contributed by atoms with Crippen LogP contribution in [0, 0.1) is 12.7 Å². The summed E-state index contributed by atoms with van der Waals surface area (Å²) in [5, 5.41) is 7.70. The van der Waals surface area contributed by atoms with Crippen LogP contribution in [-0.4, -0.2) is 20.7 Å². The zero-order chi connectivity index (χ0) is 19.0. The summed E-state index contributed by atoms with van der Waals surface area (Å²) in [6.45, 7) is 1.85. The second-order valence-electron chi connectivity index (χ2n) is 6.33. The van der Waals surface area contributed by atoms with Gasteiger partial charge in [-0.05, 0) is 25.1 Å². The monoisotopic (exact) mass is 360 g/mol. The number of aromatic nitrogens is 3. The Morgan fingerprint density at radius 3 is 2.56 bits per heavy atom. The maximum absolute atomic E-state index is 13.8. The molecule has 2 aromatic heterocycles. The minimum Gasteiger partial charge on any atom is -0.307 e. The summed E-state index contributed by atoms with van der Waals surface area (Å²) in [6, 6.07) is 17.3. The van der Waals surface area contributed by atoms with Crippen LogP contribution in [-0.2, 0) is 7.05 Å². The molecule has 0 aliphatic heterocycles. The molecule has 0 unspecified atom stereocenters. The lowest BCUT2D eigenvalue weighted by atomic mass is 10.0. The molecule has 0 bridgehead atoms. The fraction of sp³-hybridized carbons (Fsp3) is 0.0952. The van der Waals surface area contributed by atoms with Gasteiger partial charge in [-0.3, -0.25) is 9.48 Å². The average molecular weight is 360 g/mol. The van der Waals surface area contributed by atoms with Crippen molar-refractivity contribution in [1.29, 1.82) is 0 Å². The Kier molecular flexibility index (Phi) is 4.16. The van der Waals surface area contributed by atoms with Gasteiger partial charge in [-0.15, -0.1) is 0 Å². The highest BCUT2D eigenvalue weighted by Gasteiger charge is 2.16. The van der Waals surface area contributed by atoms with Gasteiger partial charge >= 0.3 is 0 Å². The van der Waals surface area contributed by atoms with E-state index in [1.807, 2.05) is 37.3 Å². The molecule has 2 aromatic carbocycles. The molecule has 1 N–H and O–H groups in total. The molecule has 0 atom stereocenters. The summed E-state index contributed by atoms with van der Waals surface area (Å²) in [4.78, 5) is 17.5. The fourth-order valence-electron chi connectivity index (χ4n) is 3.06. The van der Waals surface area contributed by atoms with Crippen molar-refractivity contribution in [3.63, 3.8) is 0 Å². The second kappa shape index (κ2) is 6.64. The van der Waals surface area contributed by atoms with Crippen LogP contribution in [0.15, 0.2) is 60.7 Å². The molecule has 0 spiro atoms. The number of fused-ring (bicyclic) bond motifs is 1. The summed E-state index contributed by atoms with van der Waals surface area (Å²) < 4.78 is 15.4. The lowest BCUT2D eigenvalue weighted by Gasteiger charge is -2.11. The summed E-state index contributed by atoms with van der Waals surface area (Å²) in [6.07, 6.45) is 0. The number of rotatable bonds is 3. The third-order valence-electron chi connectivity index (χ3n) is 4.33. The van der Waals surface area contributed by atoms with E-state index in [1.54, 1.807) is 29.9 Å². The maximum Gasteiger partial charge on any atom is 0.257 e. The number of aryl methyl sites for hydroxylation is 2. The molecule has 1 amide bonds. The number of hydrogen-bond donors (Lipinski definition) is 1. The minimum atomic E-state index is -0.395. The van der Waals surface area contributed by atoms with Gasteiger partial charge in [-0.1, -0.05) is 30.3 Å². The van der Waals surface area contributed by atoms with Crippen LogP contribution < -0.4 is 5.32 Å². The van der Waals surface area contributed by atoms with Gasteiger partial charge in [-0.25, -0.2) is 9.37 Å². The molecule has 2 heterocycles. The number of halogens is 1. The van der Waals surface area contributed by atoms with E-state index in [9.17, 15) is 9.18 Å². The summed E-state index contributed by atoms with van der Waals surface area (Å²) in [5.74, 6) is -0.103. The molecule has 0 saturated carbocycles. The average Bonchev–Trinajstić information content (AvgIpc) is 2.98. The number of anilines is 1. The van der Waals surface area contributed by atoms with Gasteiger partial charge in [-0.2, -0.15) is 5.10 Å². The van der Waals surface area contributed by atoms with Gasteiger partial charge in [0.1, 0.15) is 11.6 Å². The minimum absolute atomic E-state index is 0.297. The maximum atomic E-state index is 13.8. The quantitative estimate of drug-likeness (QED) is 0.591. The summed E-state index contributed by atoms with van der Waals surface area (Å²) in [5.41, 5.74) is 3.13. The molecule has 0 aliphatic rings. The largest absolute Gasteiger partial charge is 0.307 e. The third-order valence-corrected chi connectivity index (χ3v) is 4.33. The van der Waals surface area contributed by atoms with Crippen molar-refractivity contribution in [2.45, 2.75) is 6.92 Å². The van der Waals surface area contributed by atoms with Gasteiger partial charge in [0.05, 0.1) is 22.5 Å². The Morgan fingerprint density at radius 2 is 1.85 bits per heavy atom. The van der Waals surface area contributed by atoms with Crippen LogP contribution >= 0.6 is 0 Å². The second-order valence-corrected chi connectivity index (χ2v) is 6.33. The summed E-state index contributed by atoms with van der Waals surface area (Å²) in [7, 11) is 1.76. The van der Waals surface area contributed by atoms with Crippen molar-refractivity contribution in [2.24, 2.45) is 7.05 Å². The van der Waals surface area contributed by atoms with E-state index in [0.717, 1.165) is 11.3 Å². The molecule has 4 aromatic rings. The first-order chi connectivity index (χ1) is 13.0. The van der Waals surface area contributed by atoms with Crippen molar-refractivity contribution in [3.05, 3.63) is 77.7 Å². The lowest BCUT2D eigenvalue weighted by Crippen LogP contribution is -2.15. The predicted molar refractivity (Wildman–Crippen MR) is 103 cm³/mol. The molecule has 0 aliphatic carbocycles. The number of amides is 1. The smallest absolute Gasteiger partial charge is 0.257 e. The Balaban J connectivity index is 1.85. The molecule has 27 heavy (non-hydrogen) atoms. The van der Waals surface area contributed by atoms with E-state index in [0.29, 0.717) is 28.0 Å². The molecule has 134 valence electrons. The third kappa shape index (κ3) is 3.29. The highest BCUT2D eigenvalue weighted by atomic mass is 19.1. The summed E-state index contributed by atoms with van der Waals surface area (Å²) >= 11 is 0. The number of carbonyl (C=O) groups is 1. The number of nitrogens with one attached hydrogen (secondary N) is 1. The predicted octanol–water partition coefficient (Wildman–Crippen LogP) is 4.34. The van der Waals surface area contributed by atoms with E-state index < -0.39 is 5.82 Å². The van der Waals surface area contributed by atoms with Gasteiger partial charge in [0.2, 0.25) is 0 Å². The molecule has 4 rings (SSSR count). The Bertz CT molecular complexity index is 1150. The van der Waals surface area contributed by atoms with Crippen molar-refractivity contribution in [2.75, 3.05) is 5.32 Å². The van der Waals surface area contributed by atoms with E-state index in [4.69, 9.17) is 0 Å². The first-order valence-electron chi connectivity index (χ1n) is 8.49. The number of pyridine rings is 1. The molecule has 5 nitrogen and oxygen atoms in total. The zero-order valence-electron chi connectivity index (χ0n) is 14.9. The molecular weight excluding hydrogens is 343 g/mol. The van der Waals surface area contributed by atoms with Crippen LogP contribution in [0.4, 0.5) is 10.2 Å². The first-order valence-corrected chi connectivity index (χ1v) is 8.49. The van der Waals surface area contributed by atoms with Crippen LogP contribution in [0.2, 0.25) is 0 Å². The van der Waals surface area contributed by atoms with E-state index in [1.165, 1.54) is 12.1 Å². The van der Waals surface area contributed by atoms with Gasteiger partial charge in [0.25, 0.3) is 5.91 Å². The SMILES string of the molecule is Cc1cc(NC(=O)c2cc(-c3ccccc3)nc3cc(F)ccc23)n(C)n1. The molecule has 0 radical (unpaired) electrons. The van der Waals surface area contributed by atoms with Crippen LogP contribution in [0.25, 0.3) is 22.2 Å². The first kappa shape index (κ1) is 16.9.